The first-order valence-electron chi connectivity index (χ1n) is 10.2. The predicted octanol–water partition coefficient (Wildman–Crippen LogP) is 4.73. The Morgan fingerprint density at radius 3 is 2.63 bits per heavy atom. The molecule has 0 spiro atoms. The van der Waals surface area contributed by atoms with Crippen molar-refractivity contribution in [3.63, 3.8) is 0 Å². The van der Waals surface area contributed by atoms with Crippen LogP contribution in [0, 0.1) is 5.92 Å². The Balaban J connectivity index is 1.54. The summed E-state index contributed by atoms with van der Waals surface area (Å²) >= 11 is 7.48. The Hall–Kier alpha value is -1.93. The van der Waals surface area contributed by atoms with Crippen molar-refractivity contribution in [2.45, 2.75) is 50.1 Å². The summed E-state index contributed by atoms with van der Waals surface area (Å²) in [6.07, 6.45) is 8.83. The zero-order valence-electron chi connectivity index (χ0n) is 17.7. The molecule has 30 heavy (non-hydrogen) atoms. The number of halogens is 1. The molecule has 7 nitrogen and oxygen atoms in total. The Morgan fingerprint density at radius 2 is 1.93 bits per heavy atom. The maximum atomic E-state index is 12.5. The van der Waals surface area contributed by atoms with Gasteiger partial charge in [0, 0.05) is 25.6 Å². The van der Waals surface area contributed by atoms with E-state index in [1.54, 1.807) is 12.1 Å². The van der Waals surface area contributed by atoms with Gasteiger partial charge < -0.3 is 19.4 Å². The van der Waals surface area contributed by atoms with Crippen molar-refractivity contribution in [1.82, 2.24) is 14.8 Å². The van der Waals surface area contributed by atoms with Crippen LogP contribution in [0.2, 0.25) is 5.02 Å². The fourth-order valence-corrected chi connectivity index (χ4v) is 4.73. The Morgan fingerprint density at radius 1 is 1.20 bits per heavy atom. The minimum absolute atomic E-state index is 0.172. The van der Waals surface area contributed by atoms with Crippen LogP contribution in [0.1, 0.15) is 44.3 Å². The van der Waals surface area contributed by atoms with Crippen molar-refractivity contribution in [3.8, 4) is 11.5 Å². The molecule has 0 atom stereocenters. The second kappa shape index (κ2) is 10.9. The minimum Gasteiger partial charge on any atom is -0.495 e. The molecular formula is C21H29ClN4O3S. The smallest absolute Gasteiger partial charge is 0.234 e. The molecule has 0 bridgehead atoms. The number of thioether (sulfide) groups is 1. The van der Waals surface area contributed by atoms with Gasteiger partial charge in [0.1, 0.15) is 17.3 Å². The van der Waals surface area contributed by atoms with Crippen molar-refractivity contribution in [2.75, 3.05) is 25.3 Å². The number of hydrogen-bond donors (Lipinski definition) is 1. The van der Waals surface area contributed by atoms with Crippen LogP contribution in [0.4, 0.5) is 5.69 Å². The van der Waals surface area contributed by atoms with Crippen molar-refractivity contribution in [1.29, 1.82) is 0 Å². The topological polar surface area (TPSA) is 78.3 Å². The average Bonchev–Trinajstić information content (AvgIpc) is 3.11. The van der Waals surface area contributed by atoms with E-state index in [0.717, 1.165) is 29.7 Å². The molecule has 0 saturated heterocycles. The Labute approximate surface area is 186 Å². The standard InChI is InChI=1S/C21H29ClN4O3S/c1-26-19(10-9-14-7-5-4-6-8-14)24-25-21(26)30-13-20(27)23-16-12-17(28-2)15(22)11-18(16)29-3/h11-12,14H,4-10,13H2,1-3H3,(H,23,27). The Bertz CT molecular complexity index is 868. The number of amides is 1. The van der Waals surface area contributed by atoms with E-state index in [2.05, 4.69) is 15.5 Å². The first-order valence-corrected chi connectivity index (χ1v) is 11.6. The predicted molar refractivity (Wildman–Crippen MR) is 120 cm³/mol. The lowest BCUT2D eigenvalue weighted by molar-refractivity contribution is -0.113. The summed E-state index contributed by atoms with van der Waals surface area (Å²) < 4.78 is 12.5. The van der Waals surface area contributed by atoms with Crippen LogP contribution in [-0.4, -0.2) is 40.6 Å². The van der Waals surface area contributed by atoms with Crippen LogP contribution in [0.3, 0.4) is 0 Å². The molecular weight excluding hydrogens is 424 g/mol. The number of rotatable bonds is 9. The van der Waals surface area contributed by atoms with Gasteiger partial charge in [0.2, 0.25) is 5.91 Å². The lowest BCUT2D eigenvalue weighted by Crippen LogP contribution is -2.15. The van der Waals surface area contributed by atoms with E-state index in [1.165, 1.54) is 58.1 Å². The molecule has 1 heterocycles. The molecule has 164 valence electrons. The number of aromatic nitrogens is 3. The molecule has 1 aliphatic carbocycles. The van der Waals surface area contributed by atoms with Gasteiger partial charge in [-0.25, -0.2) is 0 Å². The highest BCUT2D eigenvalue weighted by atomic mass is 35.5. The van der Waals surface area contributed by atoms with Crippen molar-refractivity contribution in [2.24, 2.45) is 13.0 Å². The van der Waals surface area contributed by atoms with E-state index in [0.29, 0.717) is 22.2 Å². The van der Waals surface area contributed by atoms with Gasteiger partial charge in [0.05, 0.1) is 30.7 Å². The molecule has 0 unspecified atom stereocenters. The SMILES string of the molecule is COc1cc(NC(=O)CSc2nnc(CCC3CCCCC3)n2C)c(OC)cc1Cl. The Kier molecular flexibility index (Phi) is 8.27. The van der Waals surface area contributed by atoms with Crippen molar-refractivity contribution in [3.05, 3.63) is 23.0 Å². The summed E-state index contributed by atoms with van der Waals surface area (Å²) in [4.78, 5) is 12.5. The number of aryl methyl sites for hydroxylation is 1. The fraction of sp³-hybridized carbons (Fsp3) is 0.571. The first kappa shape index (κ1) is 22.7. The van der Waals surface area contributed by atoms with Crippen LogP contribution in [-0.2, 0) is 18.3 Å². The summed E-state index contributed by atoms with van der Waals surface area (Å²) in [6, 6.07) is 3.26. The molecule has 1 aromatic carbocycles. The van der Waals surface area contributed by atoms with Crippen LogP contribution in [0.5, 0.6) is 11.5 Å². The summed E-state index contributed by atoms with van der Waals surface area (Å²) in [6.45, 7) is 0. The van der Waals surface area contributed by atoms with E-state index in [1.807, 2.05) is 11.6 Å². The second-order valence-corrected chi connectivity index (χ2v) is 8.87. The molecule has 2 aromatic rings. The normalized spacial score (nSPS) is 14.5. The van der Waals surface area contributed by atoms with Crippen LogP contribution < -0.4 is 14.8 Å². The number of carbonyl (C=O) groups excluding carboxylic acids is 1. The number of methoxy groups -OCH3 is 2. The highest BCUT2D eigenvalue weighted by Crippen LogP contribution is 2.36. The first-order chi connectivity index (χ1) is 14.5. The summed E-state index contributed by atoms with van der Waals surface area (Å²) in [5.74, 6) is 2.77. The van der Waals surface area contributed by atoms with Gasteiger partial charge in [-0.3, -0.25) is 4.79 Å². The maximum Gasteiger partial charge on any atom is 0.234 e. The largest absolute Gasteiger partial charge is 0.495 e. The fourth-order valence-electron chi connectivity index (χ4n) is 3.77. The molecule has 1 saturated carbocycles. The average molecular weight is 453 g/mol. The third-order valence-electron chi connectivity index (χ3n) is 5.51. The number of carbonyl (C=O) groups is 1. The van der Waals surface area contributed by atoms with Gasteiger partial charge in [-0.1, -0.05) is 55.5 Å². The second-order valence-electron chi connectivity index (χ2n) is 7.52. The van der Waals surface area contributed by atoms with E-state index in [-0.39, 0.29) is 11.7 Å². The number of anilines is 1. The van der Waals surface area contributed by atoms with Crippen molar-refractivity contribution >= 4 is 35.0 Å². The molecule has 1 N–H and O–H groups in total. The molecule has 9 heteroatoms. The minimum atomic E-state index is -0.172. The van der Waals surface area contributed by atoms with E-state index < -0.39 is 0 Å². The van der Waals surface area contributed by atoms with Crippen molar-refractivity contribution < 1.29 is 14.3 Å². The van der Waals surface area contributed by atoms with Crippen LogP contribution in [0.15, 0.2) is 17.3 Å². The summed E-state index contributed by atoms with van der Waals surface area (Å²) in [5, 5.41) is 12.6. The van der Waals surface area contributed by atoms with E-state index in [9.17, 15) is 4.79 Å². The monoisotopic (exact) mass is 452 g/mol. The van der Waals surface area contributed by atoms with Gasteiger partial charge in [-0.15, -0.1) is 10.2 Å². The molecule has 1 fully saturated rings. The molecule has 1 aromatic heterocycles. The zero-order valence-corrected chi connectivity index (χ0v) is 19.3. The summed E-state index contributed by atoms with van der Waals surface area (Å²) in [7, 11) is 5.01. The third kappa shape index (κ3) is 5.82. The molecule has 3 rings (SSSR count). The molecule has 1 amide bonds. The summed E-state index contributed by atoms with van der Waals surface area (Å²) in [5.41, 5.74) is 0.510. The molecule has 0 radical (unpaired) electrons. The highest BCUT2D eigenvalue weighted by molar-refractivity contribution is 7.99. The number of nitrogens with one attached hydrogen (secondary N) is 1. The van der Waals surface area contributed by atoms with Gasteiger partial charge in [-0.05, 0) is 12.3 Å². The van der Waals surface area contributed by atoms with Crippen LogP contribution >= 0.6 is 23.4 Å². The maximum absolute atomic E-state index is 12.5. The zero-order chi connectivity index (χ0) is 21.5. The number of benzene rings is 1. The van der Waals surface area contributed by atoms with E-state index >= 15 is 0 Å². The van der Waals surface area contributed by atoms with E-state index in [4.69, 9.17) is 21.1 Å². The van der Waals surface area contributed by atoms with Gasteiger partial charge in [0.25, 0.3) is 0 Å². The van der Waals surface area contributed by atoms with Gasteiger partial charge in [-0.2, -0.15) is 0 Å². The highest BCUT2D eigenvalue weighted by Gasteiger charge is 2.17. The van der Waals surface area contributed by atoms with Gasteiger partial charge >= 0.3 is 0 Å². The number of nitrogens with zero attached hydrogens (tertiary/aromatic N) is 3. The molecule has 1 aliphatic rings. The lowest BCUT2D eigenvalue weighted by atomic mass is 9.86. The number of ether oxygens (including phenoxy) is 2. The van der Waals surface area contributed by atoms with Gasteiger partial charge in [0.15, 0.2) is 5.16 Å². The number of hydrogen-bond acceptors (Lipinski definition) is 6. The third-order valence-corrected chi connectivity index (χ3v) is 6.82. The quantitative estimate of drug-likeness (QED) is 0.554. The lowest BCUT2D eigenvalue weighted by Gasteiger charge is -2.20. The molecule has 0 aliphatic heterocycles. The van der Waals surface area contributed by atoms with Crippen LogP contribution in [0.25, 0.3) is 0 Å².